The average Bonchev–Trinajstić information content (AvgIpc) is 3.12. The minimum Gasteiger partial charge on any atom is -0.497 e. The van der Waals surface area contributed by atoms with Gasteiger partial charge in [0.1, 0.15) is 5.75 Å². The first-order valence-corrected chi connectivity index (χ1v) is 5.53. The van der Waals surface area contributed by atoms with Crippen LogP contribution in [-0.2, 0) is 11.2 Å². The van der Waals surface area contributed by atoms with E-state index in [1.165, 1.54) is 16.3 Å². The number of methoxy groups -OCH3 is 1. The Bertz CT molecular complexity index is 515. The van der Waals surface area contributed by atoms with Crippen LogP contribution in [-0.4, -0.2) is 19.8 Å². The van der Waals surface area contributed by atoms with Crippen LogP contribution in [0.4, 0.5) is 0 Å². The quantitative estimate of drug-likeness (QED) is 0.733. The summed E-state index contributed by atoms with van der Waals surface area (Å²) >= 11 is 0. The van der Waals surface area contributed by atoms with E-state index >= 15 is 0 Å². The third-order valence-corrected chi connectivity index (χ3v) is 2.98. The summed E-state index contributed by atoms with van der Waals surface area (Å²) in [6, 6.07) is 12.7. The summed E-state index contributed by atoms with van der Waals surface area (Å²) in [5, 5.41) is 2.48. The average molecular weight is 214 g/mol. The lowest BCUT2D eigenvalue weighted by Gasteiger charge is -2.04. The lowest BCUT2D eigenvalue weighted by Crippen LogP contribution is -1.92. The molecular weight excluding hydrogens is 200 g/mol. The molecule has 0 aliphatic carbocycles. The van der Waals surface area contributed by atoms with Crippen molar-refractivity contribution in [1.29, 1.82) is 0 Å². The topological polar surface area (TPSA) is 21.8 Å². The molecule has 0 aromatic heterocycles. The normalized spacial score (nSPS) is 18.7. The Hall–Kier alpha value is -1.54. The lowest BCUT2D eigenvalue weighted by molar-refractivity contribution is 0.407. The highest BCUT2D eigenvalue weighted by molar-refractivity contribution is 5.84. The van der Waals surface area contributed by atoms with E-state index in [4.69, 9.17) is 9.47 Å². The number of hydrogen-bond donors (Lipinski definition) is 0. The molecular formula is C14H14O2. The molecule has 2 aromatic rings. The smallest absolute Gasteiger partial charge is 0.119 e. The molecule has 0 radical (unpaired) electrons. The van der Waals surface area contributed by atoms with Gasteiger partial charge in [-0.1, -0.05) is 24.3 Å². The van der Waals surface area contributed by atoms with Gasteiger partial charge in [-0.25, -0.2) is 0 Å². The van der Waals surface area contributed by atoms with Gasteiger partial charge >= 0.3 is 0 Å². The van der Waals surface area contributed by atoms with E-state index in [0.29, 0.717) is 6.10 Å². The molecule has 1 fully saturated rings. The highest BCUT2D eigenvalue weighted by atomic mass is 16.6. The maximum absolute atomic E-state index is 5.24. The molecule has 1 aliphatic heterocycles. The van der Waals surface area contributed by atoms with Crippen LogP contribution in [0.15, 0.2) is 36.4 Å². The van der Waals surface area contributed by atoms with Gasteiger partial charge in [-0.15, -0.1) is 0 Å². The zero-order chi connectivity index (χ0) is 11.0. The Morgan fingerprint density at radius 2 is 1.94 bits per heavy atom. The lowest BCUT2D eigenvalue weighted by atomic mass is 10.0. The molecule has 0 saturated carbocycles. The van der Waals surface area contributed by atoms with E-state index in [1.807, 2.05) is 6.07 Å². The summed E-state index contributed by atoms with van der Waals surface area (Å²) in [6.45, 7) is 0.917. The first-order chi connectivity index (χ1) is 7.85. The fourth-order valence-electron chi connectivity index (χ4n) is 1.98. The van der Waals surface area contributed by atoms with Gasteiger partial charge in [-0.3, -0.25) is 0 Å². The van der Waals surface area contributed by atoms with Crippen LogP contribution in [0.2, 0.25) is 0 Å². The van der Waals surface area contributed by atoms with Crippen molar-refractivity contribution in [2.45, 2.75) is 12.5 Å². The summed E-state index contributed by atoms with van der Waals surface area (Å²) in [5.41, 5.74) is 1.35. The zero-order valence-corrected chi connectivity index (χ0v) is 9.27. The van der Waals surface area contributed by atoms with Crippen molar-refractivity contribution in [3.05, 3.63) is 42.0 Å². The molecule has 1 saturated heterocycles. The van der Waals surface area contributed by atoms with Crippen LogP contribution in [0.3, 0.4) is 0 Å². The fourth-order valence-corrected chi connectivity index (χ4v) is 1.98. The SMILES string of the molecule is COc1ccc2cc(CC3CO3)ccc2c1. The highest BCUT2D eigenvalue weighted by Crippen LogP contribution is 2.24. The largest absolute Gasteiger partial charge is 0.497 e. The van der Waals surface area contributed by atoms with Crippen molar-refractivity contribution >= 4 is 10.8 Å². The van der Waals surface area contributed by atoms with Gasteiger partial charge < -0.3 is 9.47 Å². The monoisotopic (exact) mass is 214 g/mol. The molecule has 2 nitrogen and oxygen atoms in total. The molecule has 16 heavy (non-hydrogen) atoms. The molecule has 1 atom stereocenters. The summed E-state index contributed by atoms with van der Waals surface area (Å²) in [6.07, 6.45) is 1.48. The van der Waals surface area contributed by atoms with Crippen molar-refractivity contribution in [1.82, 2.24) is 0 Å². The van der Waals surface area contributed by atoms with Crippen LogP contribution >= 0.6 is 0 Å². The molecule has 0 N–H and O–H groups in total. The highest BCUT2D eigenvalue weighted by Gasteiger charge is 2.22. The summed E-state index contributed by atoms with van der Waals surface area (Å²) in [4.78, 5) is 0. The molecule has 0 amide bonds. The van der Waals surface area contributed by atoms with Crippen molar-refractivity contribution in [2.75, 3.05) is 13.7 Å². The van der Waals surface area contributed by atoms with Gasteiger partial charge in [0.2, 0.25) is 0 Å². The molecule has 82 valence electrons. The van der Waals surface area contributed by atoms with Gasteiger partial charge in [-0.2, -0.15) is 0 Å². The maximum Gasteiger partial charge on any atom is 0.119 e. The summed E-state index contributed by atoms with van der Waals surface area (Å²) in [7, 11) is 1.69. The number of benzene rings is 2. The summed E-state index contributed by atoms with van der Waals surface area (Å²) < 4.78 is 10.4. The van der Waals surface area contributed by atoms with Crippen LogP contribution < -0.4 is 4.74 Å². The number of epoxide rings is 1. The minimum atomic E-state index is 0.454. The van der Waals surface area contributed by atoms with E-state index in [1.54, 1.807) is 7.11 Å². The molecule has 1 unspecified atom stereocenters. The second-order valence-electron chi connectivity index (χ2n) is 4.21. The molecule has 2 aromatic carbocycles. The van der Waals surface area contributed by atoms with E-state index in [-0.39, 0.29) is 0 Å². The van der Waals surface area contributed by atoms with Gasteiger partial charge in [0.15, 0.2) is 0 Å². The van der Waals surface area contributed by atoms with Crippen molar-refractivity contribution in [3.63, 3.8) is 0 Å². The third kappa shape index (κ3) is 1.89. The Morgan fingerprint density at radius 1 is 1.19 bits per heavy atom. The van der Waals surface area contributed by atoms with Crippen LogP contribution in [0.25, 0.3) is 10.8 Å². The second-order valence-corrected chi connectivity index (χ2v) is 4.21. The Kier molecular flexibility index (Phi) is 2.29. The predicted molar refractivity (Wildman–Crippen MR) is 63.9 cm³/mol. The van der Waals surface area contributed by atoms with Gasteiger partial charge in [0, 0.05) is 6.42 Å². The number of hydrogen-bond acceptors (Lipinski definition) is 2. The fraction of sp³-hybridized carbons (Fsp3) is 0.286. The molecule has 0 bridgehead atoms. The van der Waals surface area contributed by atoms with Crippen molar-refractivity contribution in [2.24, 2.45) is 0 Å². The van der Waals surface area contributed by atoms with Crippen LogP contribution in [0.1, 0.15) is 5.56 Å². The van der Waals surface area contributed by atoms with E-state index in [2.05, 4.69) is 30.3 Å². The summed E-state index contributed by atoms with van der Waals surface area (Å²) in [5.74, 6) is 0.908. The number of rotatable bonds is 3. The predicted octanol–water partition coefficient (Wildman–Crippen LogP) is 2.79. The van der Waals surface area contributed by atoms with E-state index in [0.717, 1.165) is 18.8 Å². The number of fused-ring (bicyclic) bond motifs is 1. The first kappa shape index (κ1) is 9.67. The van der Waals surface area contributed by atoms with Crippen molar-refractivity contribution in [3.8, 4) is 5.75 Å². The number of ether oxygens (including phenoxy) is 2. The van der Waals surface area contributed by atoms with E-state index < -0.39 is 0 Å². The van der Waals surface area contributed by atoms with Crippen LogP contribution in [0.5, 0.6) is 5.75 Å². The van der Waals surface area contributed by atoms with Gasteiger partial charge in [-0.05, 0) is 28.5 Å². The second kappa shape index (κ2) is 3.80. The molecule has 3 rings (SSSR count). The third-order valence-electron chi connectivity index (χ3n) is 2.98. The standard InChI is InChI=1S/C14H14O2/c1-15-13-5-4-11-6-10(7-14-9-16-14)2-3-12(11)8-13/h2-6,8,14H,7,9H2,1H3. The molecule has 2 heteroatoms. The van der Waals surface area contributed by atoms with Crippen LogP contribution in [0, 0.1) is 0 Å². The zero-order valence-electron chi connectivity index (χ0n) is 9.27. The molecule has 1 heterocycles. The van der Waals surface area contributed by atoms with Gasteiger partial charge in [0.25, 0.3) is 0 Å². The molecule has 0 spiro atoms. The maximum atomic E-state index is 5.24. The minimum absolute atomic E-state index is 0.454. The Morgan fingerprint density at radius 3 is 2.69 bits per heavy atom. The van der Waals surface area contributed by atoms with E-state index in [9.17, 15) is 0 Å². The van der Waals surface area contributed by atoms with Crippen molar-refractivity contribution < 1.29 is 9.47 Å². The molecule has 1 aliphatic rings. The first-order valence-electron chi connectivity index (χ1n) is 5.53. The Labute approximate surface area is 94.8 Å². The van der Waals surface area contributed by atoms with Gasteiger partial charge in [0.05, 0.1) is 19.8 Å². The Balaban J connectivity index is 1.97.